The van der Waals surface area contributed by atoms with Crippen molar-refractivity contribution in [2.45, 2.75) is 24.7 Å². The van der Waals surface area contributed by atoms with Crippen molar-refractivity contribution in [2.24, 2.45) is 0 Å². The third-order valence-electron chi connectivity index (χ3n) is 2.70. The van der Waals surface area contributed by atoms with Gasteiger partial charge in [0.2, 0.25) is 0 Å². The molecule has 1 aromatic carbocycles. The molecule has 0 aliphatic heterocycles. The van der Waals surface area contributed by atoms with Gasteiger partial charge in [-0.1, -0.05) is 13.3 Å². The van der Waals surface area contributed by atoms with Gasteiger partial charge in [0.15, 0.2) is 5.82 Å². The van der Waals surface area contributed by atoms with Gasteiger partial charge < -0.3 is 10.8 Å². The van der Waals surface area contributed by atoms with Gasteiger partial charge >= 0.3 is 0 Å². The summed E-state index contributed by atoms with van der Waals surface area (Å²) in [4.78, 5) is -0.0344. The van der Waals surface area contributed by atoms with Crippen LogP contribution in [0.25, 0.3) is 0 Å². The number of nitrogens with zero attached hydrogens (tertiary/aromatic N) is 1. The van der Waals surface area contributed by atoms with Crippen LogP contribution in [0.2, 0.25) is 0 Å². The maximum atomic E-state index is 12.1. The molecule has 2 rings (SSSR count). The Bertz CT molecular complexity index is 709. The number of phenolic OH excluding ortho intramolecular Hbond substituents is 1. The number of nitrogen functional groups attached to an aromatic ring is 1. The molecule has 0 unspecified atom stereocenters. The number of sulfonamides is 1. The molecule has 8 heteroatoms. The van der Waals surface area contributed by atoms with E-state index in [4.69, 9.17) is 5.73 Å². The number of aromatic nitrogens is 2. The van der Waals surface area contributed by atoms with E-state index in [0.29, 0.717) is 0 Å². The van der Waals surface area contributed by atoms with Gasteiger partial charge in [0.05, 0.1) is 10.6 Å². The van der Waals surface area contributed by atoms with Gasteiger partial charge in [0.1, 0.15) is 5.75 Å². The van der Waals surface area contributed by atoms with E-state index in [1.54, 1.807) is 6.07 Å². The summed E-state index contributed by atoms with van der Waals surface area (Å²) in [6.07, 6.45) is 1.73. The number of anilines is 2. The van der Waals surface area contributed by atoms with Crippen LogP contribution >= 0.6 is 0 Å². The Morgan fingerprint density at radius 2 is 2.15 bits per heavy atom. The molecule has 1 aromatic heterocycles. The zero-order valence-corrected chi connectivity index (χ0v) is 11.7. The van der Waals surface area contributed by atoms with E-state index < -0.39 is 10.0 Å². The van der Waals surface area contributed by atoms with Crippen molar-refractivity contribution in [2.75, 3.05) is 10.5 Å². The highest BCUT2D eigenvalue weighted by Gasteiger charge is 2.17. The predicted octanol–water partition coefficient (Wildman–Crippen LogP) is 1.45. The fourth-order valence-electron chi connectivity index (χ4n) is 1.71. The molecule has 0 saturated heterocycles. The minimum absolute atomic E-state index is 0.00146. The molecule has 0 bridgehead atoms. The van der Waals surface area contributed by atoms with Crippen molar-refractivity contribution in [3.63, 3.8) is 0 Å². The number of H-pyrrole nitrogens is 1. The lowest BCUT2D eigenvalue weighted by atomic mass is 10.2. The van der Waals surface area contributed by atoms with Gasteiger partial charge in [0.25, 0.3) is 10.0 Å². The van der Waals surface area contributed by atoms with Crippen LogP contribution in [-0.2, 0) is 16.4 Å². The highest BCUT2D eigenvalue weighted by Crippen LogP contribution is 2.24. The van der Waals surface area contributed by atoms with E-state index in [2.05, 4.69) is 14.9 Å². The number of aromatic hydroxyl groups is 1. The molecule has 0 aliphatic rings. The molecule has 0 amide bonds. The fraction of sp³-hybridized carbons (Fsp3) is 0.250. The molecule has 5 N–H and O–H groups in total. The van der Waals surface area contributed by atoms with E-state index in [1.165, 1.54) is 18.2 Å². The van der Waals surface area contributed by atoms with Crippen molar-refractivity contribution in [1.29, 1.82) is 0 Å². The average molecular weight is 296 g/mol. The summed E-state index contributed by atoms with van der Waals surface area (Å²) in [7, 11) is -3.78. The Morgan fingerprint density at radius 3 is 2.80 bits per heavy atom. The average Bonchev–Trinajstić information content (AvgIpc) is 2.79. The Hall–Kier alpha value is -2.22. The Kier molecular flexibility index (Phi) is 3.84. The fourth-order valence-corrected chi connectivity index (χ4v) is 2.73. The lowest BCUT2D eigenvalue weighted by molar-refractivity contribution is 0.477. The molecule has 1 heterocycles. The van der Waals surface area contributed by atoms with Crippen LogP contribution in [0.5, 0.6) is 5.75 Å². The van der Waals surface area contributed by atoms with Crippen LogP contribution in [-0.4, -0.2) is 23.7 Å². The van der Waals surface area contributed by atoms with Crippen molar-refractivity contribution < 1.29 is 13.5 Å². The molecular formula is C12H16N4O3S. The number of aryl methyl sites for hydroxylation is 1. The van der Waals surface area contributed by atoms with Crippen molar-refractivity contribution >= 4 is 21.5 Å². The second kappa shape index (κ2) is 5.41. The van der Waals surface area contributed by atoms with Crippen LogP contribution in [0.4, 0.5) is 11.5 Å². The summed E-state index contributed by atoms with van der Waals surface area (Å²) in [5, 5.41) is 16.0. The zero-order chi connectivity index (χ0) is 14.8. The van der Waals surface area contributed by atoms with E-state index in [-0.39, 0.29) is 22.2 Å². The normalized spacial score (nSPS) is 11.4. The van der Waals surface area contributed by atoms with E-state index >= 15 is 0 Å². The number of rotatable bonds is 5. The number of aromatic amines is 1. The van der Waals surface area contributed by atoms with Crippen molar-refractivity contribution in [3.8, 4) is 5.75 Å². The Labute approximate surface area is 116 Å². The molecule has 2 aromatic rings. The van der Waals surface area contributed by atoms with Gasteiger partial charge in [-0.3, -0.25) is 9.82 Å². The summed E-state index contributed by atoms with van der Waals surface area (Å²) in [6.45, 7) is 2.02. The van der Waals surface area contributed by atoms with Crippen LogP contribution in [0.3, 0.4) is 0 Å². The molecule has 0 spiro atoms. The smallest absolute Gasteiger partial charge is 0.263 e. The van der Waals surface area contributed by atoms with E-state index in [9.17, 15) is 13.5 Å². The monoisotopic (exact) mass is 296 g/mol. The number of nitrogens with one attached hydrogen (secondary N) is 2. The molecule has 108 valence electrons. The standard InChI is InChI=1S/C12H16N4O3S/c1-2-3-8-6-12(15-14-8)16-20(18,19)9-4-5-11(17)10(13)7-9/h4-7,17H,2-3,13H2,1H3,(H2,14,15,16). The highest BCUT2D eigenvalue weighted by molar-refractivity contribution is 7.92. The summed E-state index contributed by atoms with van der Waals surface area (Å²) in [6, 6.07) is 5.34. The first-order chi connectivity index (χ1) is 9.42. The summed E-state index contributed by atoms with van der Waals surface area (Å²) in [5.41, 5.74) is 6.35. The second-order valence-electron chi connectivity index (χ2n) is 4.35. The zero-order valence-electron chi connectivity index (χ0n) is 10.9. The topological polar surface area (TPSA) is 121 Å². The quantitative estimate of drug-likeness (QED) is 0.491. The minimum Gasteiger partial charge on any atom is -0.506 e. The lowest BCUT2D eigenvalue weighted by Crippen LogP contribution is -2.13. The Morgan fingerprint density at radius 1 is 1.40 bits per heavy atom. The Balaban J connectivity index is 2.23. The van der Waals surface area contributed by atoms with E-state index in [0.717, 1.165) is 18.5 Å². The summed E-state index contributed by atoms with van der Waals surface area (Å²) >= 11 is 0. The number of nitrogens with two attached hydrogens (primary N) is 1. The van der Waals surface area contributed by atoms with Crippen LogP contribution in [0, 0.1) is 0 Å². The SMILES string of the molecule is CCCc1cc(NS(=O)(=O)c2ccc(O)c(N)c2)n[nH]1. The van der Waals surface area contributed by atoms with Crippen LogP contribution in [0.15, 0.2) is 29.2 Å². The molecule has 0 atom stereocenters. The van der Waals surface area contributed by atoms with Gasteiger partial charge in [-0.2, -0.15) is 5.10 Å². The number of benzene rings is 1. The van der Waals surface area contributed by atoms with Crippen molar-refractivity contribution in [1.82, 2.24) is 10.2 Å². The largest absolute Gasteiger partial charge is 0.506 e. The van der Waals surface area contributed by atoms with Crippen LogP contribution in [0.1, 0.15) is 19.0 Å². The summed E-state index contributed by atoms with van der Waals surface area (Å²) < 4.78 is 26.6. The molecule has 7 nitrogen and oxygen atoms in total. The van der Waals surface area contributed by atoms with Gasteiger partial charge in [-0.25, -0.2) is 8.42 Å². The molecule has 0 aliphatic carbocycles. The van der Waals surface area contributed by atoms with Crippen LogP contribution < -0.4 is 10.5 Å². The first-order valence-electron chi connectivity index (χ1n) is 6.08. The molecule has 0 fully saturated rings. The second-order valence-corrected chi connectivity index (χ2v) is 6.04. The third kappa shape index (κ3) is 3.02. The third-order valence-corrected chi connectivity index (χ3v) is 4.05. The van der Waals surface area contributed by atoms with E-state index in [1.807, 2.05) is 6.92 Å². The molecule has 0 saturated carbocycles. The number of phenols is 1. The lowest BCUT2D eigenvalue weighted by Gasteiger charge is -2.06. The molecule has 20 heavy (non-hydrogen) atoms. The molecule has 0 radical (unpaired) electrons. The predicted molar refractivity (Wildman–Crippen MR) is 75.9 cm³/mol. The maximum absolute atomic E-state index is 12.1. The highest BCUT2D eigenvalue weighted by atomic mass is 32.2. The summed E-state index contributed by atoms with van der Waals surface area (Å²) in [5.74, 6) is 0.0639. The van der Waals surface area contributed by atoms with Gasteiger partial charge in [-0.15, -0.1) is 0 Å². The minimum atomic E-state index is -3.78. The van der Waals surface area contributed by atoms with Gasteiger partial charge in [0, 0.05) is 11.8 Å². The first kappa shape index (κ1) is 14.2. The van der Waals surface area contributed by atoms with Gasteiger partial charge in [-0.05, 0) is 24.6 Å². The maximum Gasteiger partial charge on any atom is 0.263 e. The number of hydrogen-bond donors (Lipinski definition) is 4. The van der Waals surface area contributed by atoms with Crippen molar-refractivity contribution in [3.05, 3.63) is 30.0 Å². The molecular weight excluding hydrogens is 280 g/mol. The number of hydrogen-bond acceptors (Lipinski definition) is 5. The first-order valence-corrected chi connectivity index (χ1v) is 7.56.